The minimum absolute atomic E-state index is 0.0849. The summed E-state index contributed by atoms with van der Waals surface area (Å²) in [5.74, 6) is 0.474. The van der Waals surface area contributed by atoms with E-state index in [1.807, 2.05) is 25.1 Å². The standard InChI is InChI=1S/C25H19Cl3N2O3/c1-2-32-24-12-17(5-10-23(24)33-15-16-3-6-19(26)7-4-16)11-18(14-29)25(31)30-20-8-9-21(27)22(28)13-20/h3-13H,2,15H2,1H3,(H,30,31)/b18-11+. The molecule has 0 radical (unpaired) electrons. The molecular formula is C25H19Cl3N2O3. The fourth-order valence-corrected chi connectivity index (χ4v) is 3.26. The smallest absolute Gasteiger partial charge is 0.266 e. The van der Waals surface area contributed by atoms with Crippen molar-refractivity contribution in [2.75, 3.05) is 11.9 Å². The molecule has 0 aromatic heterocycles. The Morgan fingerprint density at radius 2 is 1.73 bits per heavy atom. The number of anilines is 1. The molecule has 0 saturated heterocycles. The highest BCUT2D eigenvalue weighted by Gasteiger charge is 2.12. The van der Waals surface area contributed by atoms with Crippen LogP contribution in [-0.2, 0) is 11.4 Å². The molecule has 0 heterocycles. The number of carbonyl (C=O) groups is 1. The molecule has 0 aliphatic heterocycles. The molecule has 3 aromatic carbocycles. The van der Waals surface area contributed by atoms with Gasteiger partial charge in [-0.05, 0) is 66.6 Å². The van der Waals surface area contributed by atoms with Crippen molar-refractivity contribution in [1.29, 1.82) is 5.26 Å². The highest BCUT2D eigenvalue weighted by Crippen LogP contribution is 2.30. The Bertz CT molecular complexity index is 1220. The van der Waals surface area contributed by atoms with Crippen LogP contribution in [0.1, 0.15) is 18.1 Å². The Morgan fingerprint density at radius 3 is 2.39 bits per heavy atom. The molecule has 5 nitrogen and oxygen atoms in total. The number of hydrogen-bond acceptors (Lipinski definition) is 4. The zero-order chi connectivity index (χ0) is 23.8. The van der Waals surface area contributed by atoms with Crippen LogP contribution in [-0.4, -0.2) is 12.5 Å². The van der Waals surface area contributed by atoms with Crippen LogP contribution in [0.3, 0.4) is 0 Å². The molecule has 0 fully saturated rings. The minimum atomic E-state index is -0.572. The third kappa shape index (κ3) is 6.90. The lowest BCUT2D eigenvalue weighted by molar-refractivity contribution is -0.112. The van der Waals surface area contributed by atoms with Gasteiger partial charge >= 0.3 is 0 Å². The van der Waals surface area contributed by atoms with Gasteiger partial charge in [-0.15, -0.1) is 0 Å². The maximum absolute atomic E-state index is 12.6. The molecule has 1 N–H and O–H groups in total. The first-order valence-corrected chi connectivity index (χ1v) is 11.0. The summed E-state index contributed by atoms with van der Waals surface area (Å²) in [6.45, 7) is 2.62. The number of ether oxygens (including phenoxy) is 2. The molecule has 0 saturated carbocycles. The monoisotopic (exact) mass is 500 g/mol. The molecule has 0 atom stereocenters. The van der Waals surface area contributed by atoms with Crippen molar-refractivity contribution in [2.45, 2.75) is 13.5 Å². The lowest BCUT2D eigenvalue weighted by Gasteiger charge is -2.13. The van der Waals surface area contributed by atoms with Crippen LogP contribution in [0, 0.1) is 11.3 Å². The van der Waals surface area contributed by atoms with Crippen LogP contribution in [0.25, 0.3) is 6.08 Å². The molecule has 33 heavy (non-hydrogen) atoms. The van der Waals surface area contributed by atoms with Crippen molar-refractivity contribution in [3.63, 3.8) is 0 Å². The largest absolute Gasteiger partial charge is 0.490 e. The summed E-state index contributed by atoms with van der Waals surface area (Å²) < 4.78 is 11.6. The van der Waals surface area contributed by atoms with Gasteiger partial charge < -0.3 is 14.8 Å². The summed E-state index contributed by atoms with van der Waals surface area (Å²) in [5.41, 5.74) is 1.91. The topological polar surface area (TPSA) is 71.3 Å². The van der Waals surface area contributed by atoms with E-state index in [2.05, 4.69) is 5.32 Å². The summed E-state index contributed by atoms with van der Waals surface area (Å²) in [6, 6.07) is 19.1. The first kappa shape index (κ1) is 24.5. The van der Waals surface area contributed by atoms with Gasteiger partial charge in [0.25, 0.3) is 5.91 Å². The molecule has 0 unspecified atom stereocenters. The molecule has 168 valence electrons. The van der Waals surface area contributed by atoms with E-state index in [9.17, 15) is 10.1 Å². The van der Waals surface area contributed by atoms with Crippen LogP contribution in [0.5, 0.6) is 11.5 Å². The molecule has 0 aliphatic carbocycles. The lowest BCUT2D eigenvalue weighted by atomic mass is 10.1. The van der Waals surface area contributed by atoms with Crippen molar-refractivity contribution in [3.05, 3.63) is 92.4 Å². The predicted octanol–water partition coefficient (Wildman–Crippen LogP) is 7.17. The zero-order valence-electron chi connectivity index (χ0n) is 17.6. The van der Waals surface area contributed by atoms with E-state index in [4.69, 9.17) is 44.3 Å². The van der Waals surface area contributed by atoms with E-state index in [0.717, 1.165) is 5.56 Å². The Kier molecular flexibility index (Phi) is 8.62. The van der Waals surface area contributed by atoms with Gasteiger partial charge in [-0.2, -0.15) is 5.26 Å². The van der Waals surface area contributed by atoms with Crippen LogP contribution >= 0.6 is 34.8 Å². The Morgan fingerprint density at radius 1 is 0.970 bits per heavy atom. The van der Waals surface area contributed by atoms with Gasteiger partial charge in [0.2, 0.25) is 0 Å². The van der Waals surface area contributed by atoms with E-state index in [1.54, 1.807) is 42.5 Å². The average molecular weight is 502 g/mol. The van der Waals surface area contributed by atoms with Crippen molar-refractivity contribution < 1.29 is 14.3 Å². The van der Waals surface area contributed by atoms with Gasteiger partial charge in [0.1, 0.15) is 18.2 Å². The number of amides is 1. The predicted molar refractivity (Wildman–Crippen MR) is 132 cm³/mol. The van der Waals surface area contributed by atoms with Gasteiger partial charge in [-0.25, -0.2) is 0 Å². The molecule has 8 heteroatoms. The third-order valence-corrected chi connectivity index (χ3v) is 5.42. The number of benzene rings is 3. The first-order chi connectivity index (χ1) is 15.9. The van der Waals surface area contributed by atoms with Crippen molar-refractivity contribution >= 4 is 52.5 Å². The van der Waals surface area contributed by atoms with Crippen LogP contribution in [0.15, 0.2) is 66.2 Å². The molecule has 1 amide bonds. The zero-order valence-corrected chi connectivity index (χ0v) is 19.8. The van der Waals surface area contributed by atoms with Crippen molar-refractivity contribution in [2.24, 2.45) is 0 Å². The van der Waals surface area contributed by atoms with Gasteiger partial charge in [-0.1, -0.05) is 53.0 Å². The summed E-state index contributed by atoms with van der Waals surface area (Å²) >= 11 is 17.8. The second-order valence-corrected chi connectivity index (χ2v) is 8.06. The van der Waals surface area contributed by atoms with Crippen LogP contribution in [0.2, 0.25) is 15.1 Å². The van der Waals surface area contributed by atoms with Crippen LogP contribution in [0.4, 0.5) is 5.69 Å². The van der Waals surface area contributed by atoms with E-state index in [1.165, 1.54) is 12.1 Å². The van der Waals surface area contributed by atoms with Gasteiger partial charge in [0.15, 0.2) is 11.5 Å². The quantitative estimate of drug-likeness (QED) is 0.262. The summed E-state index contributed by atoms with van der Waals surface area (Å²) in [4.78, 5) is 12.6. The third-order valence-electron chi connectivity index (χ3n) is 4.43. The maximum Gasteiger partial charge on any atom is 0.266 e. The van der Waals surface area contributed by atoms with Crippen molar-refractivity contribution in [1.82, 2.24) is 0 Å². The molecular weight excluding hydrogens is 483 g/mol. The van der Waals surface area contributed by atoms with Gasteiger partial charge in [0, 0.05) is 10.7 Å². The highest BCUT2D eigenvalue weighted by atomic mass is 35.5. The number of nitrogens with one attached hydrogen (secondary N) is 1. The second-order valence-electron chi connectivity index (χ2n) is 6.81. The fraction of sp³-hybridized carbons (Fsp3) is 0.120. The highest BCUT2D eigenvalue weighted by molar-refractivity contribution is 6.42. The number of hydrogen-bond donors (Lipinski definition) is 1. The number of rotatable bonds is 8. The van der Waals surface area contributed by atoms with Crippen molar-refractivity contribution in [3.8, 4) is 17.6 Å². The van der Waals surface area contributed by atoms with E-state index in [-0.39, 0.29) is 5.57 Å². The number of nitrogens with zero attached hydrogens (tertiary/aromatic N) is 1. The summed E-state index contributed by atoms with van der Waals surface area (Å²) in [6.07, 6.45) is 1.47. The first-order valence-electron chi connectivity index (χ1n) is 9.92. The molecule has 0 bridgehead atoms. The van der Waals surface area contributed by atoms with Crippen LogP contribution < -0.4 is 14.8 Å². The Balaban J connectivity index is 1.77. The fourth-order valence-electron chi connectivity index (χ4n) is 2.83. The summed E-state index contributed by atoms with van der Waals surface area (Å²) in [7, 11) is 0. The normalized spacial score (nSPS) is 10.9. The number of nitriles is 1. The average Bonchev–Trinajstić information content (AvgIpc) is 2.80. The molecule has 0 spiro atoms. The lowest BCUT2D eigenvalue weighted by Crippen LogP contribution is -2.13. The SMILES string of the molecule is CCOc1cc(/C=C(\C#N)C(=O)Nc2ccc(Cl)c(Cl)c2)ccc1OCc1ccc(Cl)cc1. The second kappa shape index (κ2) is 11.6. The van der Waals surface area contributed by atoms with Gasteiger partial charge in [0.05, 0.1) is 16.7 Å². The molecule has 3 rings (SSSR count). The number of carbonyl (C=O) groups excluding carboxylic acids is 1. The molecule has 3 aromatic rings. The molecule has 0 aliphatic rings. The summed E-state index contributed by atoms with van der Waals surface area (Å²) in [5, 5.41) is 13.5. The Labute approximate surface area is 207 Å². The van der Waals surface area contributed by atoms with E-state index < -0.39 is 5.91 Å². The number of halogens is 3. The Hall–Kier alpha value is -3.17. The maximum atomic E-state index is 12.6. The van der Waals surface area contributed by atoms with E-state index >= 15 is 0 Å². The van der Waals surface area contributed by atoms with E-state index in [0.29, 0.717) is 51.0 Å². The minimum Gasteiger partial charge on any atom is -0.490 e. The van der Waals surface area contributed by atoms with Gasteiger partial charge in [-0.3, -0.25) is 4.79 Å².